The molecule has 0 amide bonds. The van der Waals surface area contributed by atoms with Crippen molar-refractivity contribution in [2.24, 2.45) is 11.3 Å². The van der Waals surface area contributed by atoms with E-state index in [1.807, 2.05) is 0 Å². The highest BCUT2D eigenvalue weighted by Crippen LogP contribution is 2.36. The molecule has 4 nitrogen and oxygen atoms in total. The monoisotopic (exact) mass is 187 g/mol. The van der Waals surface area contributed by atoms with Gasteiger partial charge in [0.25, 0.3) is 0 Å². The number of rotatable bonds is 3. The molecule has 1 saturated heterocycles. The van der Waals surface area contributed by atoms with Crippen LogP contribution in [0.3, 0.4) is 0 Å². The van der Waals surface area contributed by atoms with Crippen LogP contribution in [0, 0.1) is 11.3 Å². The molecule has 0 spiro atoms. The molecule has 0 aromatic heterocycles. The Kier molecular flexibility index (Phi) is 2.93. The van der Waals surface area contributed by atoms with E-state index < -0.39 is 17.5 Å². The Hall–Kier alpha value is -0.610. The molecule has 0 bridgehead atoms. The van der Waals surface area contributed by atoms with Gasteiger partial charge in [-0.1, -0.05) is 6.92 Å². The van der Waals surface area contributed by atoms with E-state index in [4.69, 9.17) is 5.11 Å². The molecule has 4 heteroatoms. The molecule has 1 rings (SSSR count). The van der Waals surface area contributed by atoms with Gasteiger partial charge in [-0.3, -0.25) is 4.79 Å². The lowest BCUT2D eigenvalue weighted by molar-refractivity contribution is -0.153. The minimum absolute atomic E-state index is 0.208. The number of aliphatic carboxylic acids is 1. The molecular weight excluding hydrogens is 170 g/mol. The van der Waals surface area contributed by atoms with Gasteiger partial charge in [0.15, 0.2) is 0 Å². The van der Waals surface area contributed by atoms with E-state index in [1.165, 1.54) is 0 Å². The van der Waals surface area contributed by atoms with Gasteiger partial charge in [-0.2, -0.15) is 0 Å². The second kappa shape index (κ2) is 3.64. The fourth-order valence-electron chi connectivity index (χ4n) is 1.94. The van der Waals surface area contributed by atoms with E-state index in [-0.39, 0.29) is 5.92 Å². The molecule has 1 aliphatic rings. The molecule has 13 heavy (non-hydrogen) atoms. The molecule has 1 heterocycles. The maximum absolute atomic E-state index is 11.1. The van der Waals surface area contributed by atoms with Gasteiger partial charge in [-0.05, 0) is 25.8 Å². The normalized spacial score (nSPS) is 32.8. The van der Waals surface area contributed by atoms with Gasteiger partial charge < -0.3 is 15.5 Å². The highest BCUT2D eigenvalue weighted by molar-refractivity contribution is 5.76. The zero-order valence-electron chi connectivity index (χ0n) is 8.08. The minimum atomic E-state index is -0.800. The third-order valence-corrected chi connectivity index (χ3v) is 3.21. The van der Waals surface area contributed by atoms with Gasteiger partial charge in [0.1, 0.15) is 0 Å². The molecule has 1 fully saturated rings. The summed E-state index contributed by atoms with van der Waals surface area (Å²) >= 11 is 0. The number of aliphatic hydroxyl groups excluding tert-OH is 1. The van der Waals surface area contributed by atoms with E-state index in [0.717, 1.165) is 6.54 Å². The smallest absolute Gasteiger partial charge is 0.311 e. The standard InChI is InChI=1S/C9H17NO3/c1-6(7(2)11)9(8(12)13)3-4-10-5-9/h6-7,10-11H,3-5H2,1-2H3,(H,12,13). The zero-order chi connectivity index (χ0) is 10.1. The van der Waals surface area contributed by atoms with E-state index in [0.29, 0.717) is 13.0 Å². The first-order valence-electron chi connectivity index (χ1n) is 4.63. The highest BCUT2D eigenvalue weighted by atomic mass is 16.4. The largest absolute Gasteiger partial charge is 0.481 e. The molecule has 3 atom stereocenters. The van der Waals surface area contributed by atoms with Crippen LogP contribution in [0.2, 0.25) is 0 Å². The Bertz CT molecular complexity index is 197. The van der Waals surface area contributed by atoms with Crippen molar-refractivity contribution in [3.63, 3.8) is 0 Å². The van der Waals surface area contributed by atoms with Gasteiger partial charge in [0.05, 0.1) is 11.5 Å². The topological polar surface area (TPSA) is 69.6 Å². The molecule has 0 aromatic rings. The third kappa shape index (κ3) is 1.69. The predicted molar refractivity (Wildman–Crippen MR) is 48.4 cm³/mol. The first-order valence-corrected chi connectivity index (χ1v) is 4.63. The van der Waals surface area contributed by atoms with Crippen molar-refractivity contribution < 1.29 is 15.0 Å². The second-order valence-electron chi connectivity index (χ2n) is 3.92. The Labute approximate surface area is 78.0 Å². The number of nitrogens with one attached hydrogen (secondary N) is 1. The summed E-state index contributed by atoms with van der Waals surface area (Å²) in [7, 11) is 0. The Morgan fingerprint density at radius 2 is 2.15 bits per heavy atom. The lowest BCUT2D eigenvalue weighted by atomic mass is 9.73. The first kappa shape index (κ1) is 10.5. The highest BCUT2D eigenvalue weighted by Gasteiger charge is 2.47. The lowest BCUT2D eigenvalue weighted by Gasteiger charge is -2.32. The number of hydrogen-bond acceptors (Lipinski definition) is 3. The number of carboxylic acids is 1. The fourth-order valence-corrected chi connectivity index (χ4v) is 1.94. The SMILES string of the molecule is CC(O)C(C)C1(C(=O)O)CCNC1. The van der Waals surface area contributed by atoms with Crippen molar-refractivity contribution in [1.29, 1.82) is 0 Å². The maximum Gasteiger partial charge on any atom is 0.311 e. The van der Waals surface area contributed by atoms with Crippen molar-refractivity contribution in [3.05, 3.63) is 0 Å². The third-order valence-electron chi connectivity index (χ3n) is 3.21. The fraction of sp³-hybridized carbons (Fsp3) is 0.889. The average Bonchev–Trinajstić information content (AvgIpc) is 2.51. The lowest BCUT2D eigenvalue weighted by Crippen LogP contribution is -2.43. The average molecular weight is 187 g/mol. The number of hydrogen-bond donors (Lipinski definition) is 3. The van der Waals surface area contributed by atoms with Gasteiger partial charge in [-0.15, -0.1) is 0 Å². The number of aliphatic hydroxyl groups is 1. The molecule has 1 aliphatic heterocycles. The second-order valence-corrected chi connectivity index (χ2v) is 3.92. The Balaban J connectivity index is 2.84. The molecular formula is C9H17NO3. The van der Waals surface area contributed by atoms with Crippen LogP contribution in [0.15, 0.2) is 0 Å². The van der Waals surface area contributed by atoms with E-state index in [9.17, 15) is 9.90 Å². The summed E-state index contributed by atoms with van der Waals surface area (Å²) in [6.45, 7) is 4.64. The van der Waals surface area contributed by atoms with Crippen molar-refractivity contribution >= 4 is 5.97 Å². The molecule has 0 aliphatic carbocycles. The molecule has 0 saturated carbocycles. The van der Waals surface area contributed by atoms with Crippen LogP contribution < -0.4 is 5.32 Å². The Morgan fingerprint density at radius 1 is 1.54 bits per heavy atom. The summed E-state index contributed by atoms with van der Waals surface area (Å²) in [5.41, 5.74) is -0.770. The summed E-state index contributed by atoms with van der Waals surface area (Å²) in [4.78, 5) is 11.1. The zero-order valence-corrected chi connectivity index (χ0v) is 8.08. The number of carboxylic acid groups (broad SMARTS) is 1. The van der Waals surface area contributed by atoms with Gasteiger partial charge in [0, 0.05) is 6.54 Å². The van der Waals surface area contributed by atoms with Crippen LogP contribution >= 0.6 is 0 Å². The Morgan fingerprint density at radius 3 is 2.46 bits per heavy atom. The molecule has 0 aromatic carbocycles. The summed E-state index contributed by atoms with van der Waals surface area (Å²) in [6.07, 6.45) is 0.0324. The predicted octanol–water partition coefficient (Wildman–Crippen LogP) is 0.0676. The van der Waals surface area contributed by atoms with Gasteiger partial charge >= 0.3 is 5.97 Å². The minimum Gasteiger partial charge on any atom is -0.481 e. The van der Waals surface area contributed by atoms with Crippen molar-refractivity contribution in [3.8, 4) is 0 Å². The number of carbonyl (C=O) groups is 1. The molecule has 3 unspecified atom stereocenters. The summed E-state index contributed by atoms with van der Waals surface area (Å²) < 4.78 is 0. The first-order chi connectivity index (χ1) is 6.00. The summed E-state index contributed by atoms with van der Waals surface area (Å²) in [5.74, 6) is -1.01. The van der Waals surface area contributed by atoms with Crippen molar-refractivity contribution in [2.45, 2.75) is 26.4 Å². The maximum atomic E-state index is 11.1. The van der Waals surface area contributed by atoms with Crippen LogP contribution in [0.25, 0.3) is 0 Å². The van der Waals surface area contributed by atoms with E-state index >= 15 is 0 Å². The van der Waals surface area contributed by atoms with Crippen LogP contribution in [0.1, 0.15) is 20.3 Å². The van der Waals surface area contributed by atoms with Gasteiger partial charge in [-0.25, -0.2) is 0 Å². The van der Waals surface area contributed by atoms with Crippen LogP contribution in [-0.4, -0.2) is 35.4 Å². The van der Waals surface area contributed by atoms with E-state index in [2.05, 4.69) is 5.32 Å². The summed E-state index contributed by atoms with van der Waals surface area (Å²) in [6, 6.07) is 0. The van der Waals surface area contributed by atoms with Crippen LogP contribution in [-0.2, 0) is 4.79 Å². The van der Waals surface area contributed by atoms with Crippen molar-refractivity contribution in [1.82, 2.24) is 5.32 Å². The van der Waals surface area contributed by atoms with Crippen LogP contribution in [0.5, 0.6) is 0 Å². The molecule has 76 valence electrons. The van der Waals surface area contributed by atoms with E-state index in [1.54, 1.807) is 13.8 Å². The summed E-state index contributed by atoms with van der Waals surface area (Å²) in [5, 5.41) is 21.6. The van der Waals surface area contributed by atoms with Crippen molar-refractivity contribution in [2.75, 3.05) is 13.1 Å². The molecule has 0 radical (unpaired) electrons. The quantitative estimate of drug-likeness (QED) is 0.584. The van der Waals surface area contributed by atoms with Crippen LogP contribution in [0.4, 0.5) is 0 Å². The van der Waals surface area contributed by atoms with Gasteiger partial charge in [0.2, 0.25) is 0 Å². The molecule has 3 N–H and O–H groups in total.